The van der Waals surface area contributed by atoms with Crippen molar-refractivity contribution in [1.29, 1.82) is 0 Å². The van der Waals surface area contributed by atoms with Crippen LogP contribution in [0, 0.1) is 0 Å². The smallest absolute Gasteiger partial charge is 0.188 e. The quantitative estimate of drug-likeness (QED) is 0.636. The van der Waals surface area contributed by atoms with Crippen LogP contribution < -0.4 is 0 Å². The molecule has 2 nitrogen and oxygen atoms in total. The van der Waals surface area contributed by atoms with Crippen molar-refractivity contribution >= 4 is 18.9 Å². The van der Waals surface area contributed by atoms with Crippen molar-refractivity contribution in [3.8, 4) is 0 Å². The zero-order valence-corrected chi connectivity index (χ0v) is 8.06. The van der Waals surface area contributed by atoms with Crippen LogP contribution in [-0.4, -0.2) is 19.2 Å². The van der Waals surface area contributed by atoms with Crippen molar-refractivity contribution < 1.29 is 8.39 Å². The molecule has 1 aromatic carbocycles. The lowest BCUT2D eigenvalue weighted by Crippen LogP contribution is -1.93. The molecule has 64 valence electrons. The van der Waals surface area contributed by atoms with Crippen molar-refractivity contribution in [2.45, 2.75) is 11.2 Å². The normalized spacial score (nSPS) is 12.8. The molecule has 0 N–H and O–H groups in total. The molecule has 0 aliphatic carbocycles. The van der Waals surface area contributed by atoms with Crippen molar-refractivity contribution in [3.05, 3.63) is 29.8 Å². The monoisotopic (exact) mass is 182 g/mol. The summed E-state index contributed by atoms with van der Waals surface area (Å²) in [6.45, 7) is 0. The first-order chi connectivity index (χ1) is 5.77. The van der Waals surface area contributed by atoms with Gasteiger partial charge in [0.15, 0.2) is 11.1 Å². The highest BCUT2D eigenvalue weighted by Gasteiger charge is 2.00. The zero-order valence-electron chi connectivity index (χ0n) is 7.24. The highest BCUT2D eigenvalue weighted by Crippen LogP contribution is 2.08. The van der Waals surface area contributed by atoms with Gasteiger partial charge >= 0.3 is 0 Å². The Balaban J connectivity index is 2.84. The molecule has 0 heterocycles. The van der Waals surface area contributed by atoms with Crippen LogP contribution in [0.25, 0.3) is 0 Å². The Morgan fingerprint density at radius 3 is 2.42 bits per heavy atom. The summed E-state index contributed by atoms with van der Waals surface area (Å²) in [6.07, 6.45) is 1.000. The maximum atomic E-state index is 11.1. The van der Waals surface area contributed by atoms with Crippen LogP contribution in [0.3, 0.4) is 0 Å². The number of benzene rings is 1. The van der Waals surface area contributed by atoms with Crippen molar-refractivity contribution in [1.82, 2.24) is 0 Å². The van der Waals surface area contributed by atoms with Crippen LogP contribution in [0.1, 0.15) is 5.56 Å². The minimum Gasteiger partial charge on any atom is -0.290 e. The molecule has 0 aromatic heterocycles. The van der Waals surface area contributed by atoms with Gasteiger partial charge in [0.05, 0.1) is 12.0 Å². The fourth-order valence-corrected chi connectivity index (χ4v) is 1.48. The molecule has 0 bridgehead atoms. The highest BCUT2D eigenvalue weighted by molar-refractivity contribution is 7.80. The molecule has 1 aromatic rings. The molecule has 4 heteroatoms. The predicted octanol–water partition coefficient (Wildman–Crippen LogP) is 0.489. The van der Waals surface area contributed by atoms with Gasteiger partial charge in [-0.15, -0.1) is 0 Å². The lowest BCUT2D eigenvalue weighted by Gasteiger charge is -1.99. The Kier molecular flexibility index (Phi) is 3.50. The van der Waals surface area contributed by atoms with E-state index >= 15 is 0 Å². The first kappa shape index (κ1) is 9.48. The Hall–Kier alpha value is -0.605. The van der Waals surface area contributed by atoms with Crippen molar-refractivity contribution in [2.24, 2.45) is 0 Å². The Morgan fingerprint density at radius 1 is 1.42 bits per heavy atom. The Labute approximate surface area is 76.0 Å². The molecular formula is C8H11BO2S. The van der Waals surface area contributed by atoms with E-state index in [0.29, 0.717) is 0 Å². The Morgan fingerprint density at radius 2 is 2.00 bits per heavy atom. The number of hydrogen-bond acceptors (Lipinski definition) is 2. The largest absolute Gasteiger partial charge is 0.290 e. The zero-order chi connectivity index (χ0) is 8.97. The molecule has 1 atom stereocenters. The summed E-state index contributed by atoms with van der Waals surface area (Å²) < 4.78 is 15.8. The first-order valence-corrected chi connectivity index (χ1v) is 4.90. The van der Waals surface area contributed by atoms with E-state index < -0.39 is 11.1 Å². The van der Waals surface area contributed by atoms with Gasteiger partial charge in [0, 0.05) is 0 Å². The Bertz CT molecular complexity index is 271. The van der Waals surface area contributed by atoms with E-state index in [1.54, 1.807) is 0 Å². The maximum absolute atomic E-state index is 11.1. The summed E-state index contributed by atoms with van der Waals surface area (Å²) in [6, 6.07) is 7.59. The third kappa shape index (κ3) is 2.19. The number of rotatable bonds is 3. The van der Waals surface area contributed by atoms with Crippen molar-refractivity contribution in [2.75, 3.05) is 7.11 Å². The van der Waals surface area contributed by atoms with Gasteiger partial charge in [-0.25, -0.2) is 4.21 Å². The second-order valence-electron chi connectivity index (χ2n) is 2.40. The van der Waals surface area contributed by atoms with E-state index in [4.69, 9.17) is 0 Å². The molecule has 0 fully saturated rings. The van der Waals surface area contributed by atoms with Gasteiger partial charge in [-0.05, 0) is 12.1 Å². The molecule has 1 rings (SSSR count). The van der Waals surface area contributed by atoms with E-state index in [1.807, 2.05) is 24.3 Å². The van der Waals surface area contributed by atoms with Gasteiger partial charge in [0.2, 0.25) is 0 Å². The SMILES string of the molecule is BCc1ccc(S(=O)OC)cc1. The molecule has 0 saturated carbocycles. The average molecular weight is 182 g/mol. The summed E-state index contributed by atoms with van der Waals surface area (Å²) >= 11 is -1.30. The summed E-state index contributed by atoms with van der Waals surface area (Å²) in [5.41, 5.74) is 1.24. The minimum atomic E-state index is -1.30. The molecule has 0 aliphatic heterocycles. The maximum Gasteiger partial charge on any atom is 0.188 e. The summed E-state index contributed by atoms with van der Waals surface area (Å²) in [5.74, 6) is 0. The minimum absolute atomic E-state index is 0.717. The molecule has 0 saturated heterocycles. The van der Waals surface area contributed by atoms with E-state index in [-0.39, 0.29) is 0 Å². The van der Waals surface area contributed by atoms with E-state index in [0.717, 1.165) is 11.2 Å². The fraction of sp³-hybridized carbons (Fsp3) is 0.250. The molecule has 0 spiro atoms. The lowest BCUT2D eigenvalue weighted by molar-refractivity contribution is 0.445. The van der Waals surface area contributed by atoms with E-state index in [9.17, 15) is 4.21 Å². The van der Waals surface area contributed by atoms with Crippen molar-refractivity contribution in [3.63, 3.8) is 0 Å². The second kappa shape index (κ2) is 4.43. The van der Waals surface area contributed by atoms with Gasteiger partial charge < -0.3 is 0 Å². The van der Waals surface area contributed by atoms with E-state index in [1.165, 1.54) is 12.7 Å². The molecule has 0 aliphatic rings. The second-order valence-corrected chi connectivity index (χ2v) is 3.67. The topological polar surface area (TPSA) is 26.3 Å². The summed E-state index contributed by atoms with van der Waals surface area (Å²) in [4.78, 5) is 0.717. The van der Waals surface area contributed by atoms with Gasteiger partial charge in [0.1, 0.15) is 7.85 Å². The van der Waals surface area contributed by atoms with Crippen LogP contribution in [0.5, 0.6) is 0 Å². The third-order valence-corrected chi connectivity index (χ3v) is 2.64. The number of hydrogen-bond donors (Lipinski definition) is 0. The summed E-state index contributed by atoms with van der Waals surface area (Å²) in [5, 5.41) is 0. The molecular weight excluding hydrogens is 171 g/mol. The highest BCUT2D eigenvalue weighted by atomic mass is 32.2. The standard InChI is InChI=1S/C8H11BO2S/c1-11-12(10)8-4-2-7(6-9)3-5-8/h2-5H,6,9H2,1H3. The molecule has 1 unspecified atom stereocenters. The summed E-state index contributed by atoms with van der Waals surface area (Å²) in [7, 11) is 3.52. The first-order valence-electron chi connectivity index (χ1n) is 3.83. The predicted molar refractivity (Wildman–Crippen MR) is 52.1 cm³/mol. The van der Waals surface area contributed by atoms with E-state index in [2.05, 4.69) is 12.0 Å². The fourth-order valence-electron chi connectivity index (χ4n) is 0.932. The van der Waals surface area contributed by atoms with Gasteiger partial charge in [-0.3, -0.25) is 4.18 Å². The van der Waals surface area contributed by atoms with Gasteiger partial charge in [-0.1, -0.05) is 24.0 Å². The molecule has 12 heavy (non-hydrogen) atoms. The van der Waals surface area contributed by atoms with Crippen LogP contribution in [0.2, 0.25) is 0 Å². The average Bonchev–Trinajstić information content (AvgIpc) is 2.17. The van der Waals surface area contributed by atoms with Crippen LogP contribution in [-0.2, 0) is 21.6 Å². The van der Waals surface area contributed by atoms with Gasteiger partial charge in [0.25, 0.3) is 0 Å². The van der Waals surface area contributed by atoms with Gasteiger partial charge in [-0.2, -0.15) is 0 Å². The lowest BCUT2D eigenvalue weighted by atomic mass is 9.97. The van der Waals surface area contributed by atoms with Crippen LogP contribution in [0.4, 0.5) is 0 Å². The third-order valence-electron chi connectivity index (χ3n) is 1.68. The molecule has 0 amide bonds. The molecule has 0 radical (unpaired) electrons. The van der Waals surface area contributed by atoms with Crippen LogP contribution in [0.15, 0.2) is 29.2 Å². The van der Waals surface area contributed by atoms with Crippen LogP contribution >= 0.6 is 0 Å².